The summed E-state index contributed by atoms with van der Waals surface area (Å²) in [5, 5.41) is 8.21. The van der Waals surface area contributed by atoms with E-state index in [0.717, 1.165) is 0 Å². The smallest absolute Gasteiger partial charge is 0.0360 e. The number of rotatable bonds is 3. The van der Waals surface area contributed by atoms with Crippen LogP contribution in [-0.2, 0) is 0 Å². The molecule has 1 unspecified atom stereocenters. The number of hydrogen-bond acceptors (Lipinski definition) is 3. The first-order valence-corrected chi connectivity index (χ1v) is 2.72. The highest BCUT2D eigenvalue weighted by atomic mass is 16.5. The molecule has 1 atom stereocenters. The summed E-state index contributed by atoms with van der Waals surface area (Å²) in [5.41, 5.74) is 2.11. The quantitative estimate of drug-likeness (QED) is 0.509. The van der Waals surface area contributed by atoms with E-state index < -0.39 is 0 Å². The van der Waals surface area contributed by atoms with Gasteiger partial charge in [0.25, 0.3) is 0 Å². The van der Waals surface area contributed by atoms with Crippen molar-refractivity contribution in [2.45, 2.75) is 13.0 Å². The van der Waals surface area contributed by atoms with Crippen LogP contribution < -0.4 is 5.48 Å². The van der Waals surface area contributed by atoms with Crippen molar-refractivity contribution in [1.29, 1.82) is 0 Å². The minimum atomic E-state index is 0.389. The summed E-state index contributed by atoms with van der Waals surface area (Å²) >= 11 is 0. The Balaban J connectivity index is 3.17. The van der Waals surface area contributed by atoms with Crippen molar-refractivity contribution in [3.05, 3.63) is 0 Å². The van der Waals surface area contributed by atoms with Crippen molar-refractivity contribution in [3.63, 3.8) is 0 Å². The second-order valence-electron chi connectivity index (χ2n) is 2.17. The zero-order valence-electron chi connectivity index (χ0n) is 5.68. The van der Waals surface area contributed by atoms with Crippen LogP contribution in [0.2, 0.25) is 0 Å². The summed E-state index contributed by atoms with van der Waals surface area (Å²) in [6.45, 7) is 2.65. The van der Waals surface area contributed by atoms with Gasteiger partial charge < -0.3 is 10.1 Å². The lowest BCUT2D eigenvalue weighted by atomic mass is 10.3. The van der Waals surface area contributed by atoms with Gasteiger partial charge in [-0.15, -0.1) is 0 Å². The molecular weight excluding hydrogens is 104 g/mol. The molecule has 0 radical (unpaired) electrons. The van der Waals surface area contributed by atoms with Gasteiger partial charge in [-0.2, -0.15) is 0 Å². The van der Waals surface area contributed by atoms with Gasteiger partial charge in [0.15, 0.2) is 0 Å². The Hall–Kier alpha value is -0.120. The largest absolute Gasteiger partial charge is 0.317 e. The minimum Gasteiger partial charge on any atom is -0.317 e. The Morgan fingerprint density at radius 1 is 1.62 bits per heavy atom. The standard InChI is InChI=1S/C5H14N2O/c1-5(4-6-8)7(2)3/h5-6,8H,4H2,1-3H3. The van der Waals surface area contributed by atoms with Crippen molar-refractivity contribution in [3.8, 4) is 0 Å². The van der Waals surface area contributed by atoms with Gasteiger partial charge in [-0.1, -0.05) is 0 Å². The second kappa shape index (κ2) is 3.83. The molecule has 0 bridgehead atoms. The maximum Gasteiger partial charge on any atom is 0.0360 e. The molecule has 0 saturated carbocycles. The number of hydrogen-bond donors (Lipinski definition) is 2. The fraction of sp³-hybridized carbons (Fsp3) is 1.00. The fourth-order valence-electron chi connectivity index (χ4n) is 0.315. The predicted molar refractivity (Wildman–Crippen MR) is 32.9 cm³/mol. The summed E-state index contributed by atoms with van der Waals surface area (Å²) in [7, 11) is 3.95. The molecule has 0 aliphatic heterocycles. The summed E-state index contributed by atoms with van der Waals surface area (Å²) in [6.07, 6.45) is 0. The van der Waals surface area contributed by atoms with Gasteiger partial charge in [-0.05, 0) is 21.0 Å². The molecule has 0 heterocycles. The van der Waals surface area contributed by atoms with E-state index in [-0.39, 0.29) is 0 Å². The van der Waals surface area contributed by atoms with Crippen LogP contribution in [0.1, 0.15) is 6.92 Å². The average Bonchev–Trinajstić information content (AvgIpc) is 1.67. The highest BCUT2D eigenvalue weighted by Crippen LogP contribution is 1.85. The molecule has 3 nitrogen and oxygen atoms in total. The first-order valence-electron chi connectivity index (χ1n) is 2.72. The van der Waals surface area contributed by atoms with Crippen LogP contribution in [0.3, 0.4) is 0 Å². The summed E-state index contributed by atoms with van der Waals surface area (Å²) in [6, 6.07) is 0.389. The van der Waals surface area contributed by atoms with Crippen LogP contribution in [0.25, 0.3) is 0 Å². The topological polar surface area (TPSA) is 35.5 Å². The van der Waals surface area contributed by atoms with E-state index in [4.69, 9.17) is 5.21 Å². The highest BCUT2D eigenvalue weighted by molar-refractivity contribution is 4.57. The van der Waals surface area contributed by atoms with Crippen LogP contribution >= 0.6 is 0 Å². The summed E-state index contributed by atoms with van der Waals surface area (Å²) in [4.78, 5) is 2.03. The van der Waals surface area contributed by atoms with Crippen molar-refractivity contribution in [2.75, 3.05) is 20.6 Å². The Morgan fingerprint density at radius 3 is 2.25 bits per heavy atom. The van der Waals surface area contributed by atoms with Crippen LogP contribution in [-0.4, -0.2) is 36.8 Å². The van der Waals surface area contributed by atoms with E-state index >= 15 is 0 Å². The molecule has 2 N–H and O–H groups in total. The lowest BCUT2D eigenvalue weighted by Gasteiger charge is -2.17. The molecule has 50 valence electrons. The monoisotopic (exact) mass is 118 g/mol. The van der Waals surface area contributed by atoms with E-state index in [2.05, 4.69) is 5.48 Å². The van der Waals surface area contributed by atoms with Gasteiger partial charge in [-0.25, -0.2) is 5.48 Å². The van der Waals surface area contributed by atoms with Crippen molar-refractivity contribution in [1.82, 2.24) is 10.4 Å². The molecular formula is C5H14N2O. The van der Waals surface area contributed by atoms with Crippen LogP contribution in [0.4, 0.5) is 0 Å². The maximum absolute atomic E-state index is 8.21. The zero-order valence-corrected chi connectivity index (χ0v) is 5.68. The lowest BCUT2D eigenvalue weighted by Crippen LogP contribution is -2.33. The molecule has 8 heavy (non-hydrogen) atoms. The summed E-state index contributed by atoms with van der Waals surface area (Å²) < 4.78 is 0. The Bertz CT molecular complexity index is 56.4. The van der Waals surface area contributed by atoms with Crippen LogP contribution in [0.5, 0.6) is 0 Å². The van der Waals surface area contributed by atoms with Crippen molar-refractivity contribution >= 4 is 0 Å². The molecule has 0 fully saturated rings. The molecule has 0 aromatic carbocycles. The molecule has 0 saturated heterocycles. The minimum absolute atomic E-state index is 0.389. The SMILES string of the molecule is CC(CNO)N(C)C. The normalized spacial score (nSPS) is 14.6. The van der Waals surface area contributed by atoms with Crippen LogP contribution in [0, 0.1) is 0 Å². The molecule has 0 aromatic rings. The van der Waals surface area contributed by atoms with Crippen molar-refractivity contribution < 1.29 is 5.21 Å². The molecule has 0 aromatic heterocycles. The number of nitrogens with zero attached hydrogens (tertiary/aromatic N) is 1. The first kappa shape index (κ1) is 7.88. The van der Waals surface area contributed by atoms with Gasteiger partial charge in [0.05, 0.1) is 0 Å². The molecule has 0 aliphatic carbocycles. The lowest BCUT2D eigenvalue weighted by molar-refractivity contribution is 0.137. The van der Waals surface area contributed by atoms with E-state index in [9.17, 15) is 0 Å². The fourth-order valence-corrected chi connectivity index (χ4v) is 0.315. The number of likely N-dealkylation sites (N-methyl/N-ethyl adjacent to an activating group) is 1. The van der Waals surface area contributed by atoms with Gasteiger partial charge in [0.1, 0.15) is 0 Å². The van der Waals surface area contributed by atoms with Gasteiger partial charge in [0.2, 0.25) is 0 Å². The average molecular weight is 118 g/mol. The molecule has 0 spiro atoms. The first-order chi connectivity index (χ1) is 3.68. The highest BCUT2D eigenvalue weighted by Gasteiger charge is 2.00. The summed E-state index contributed by atoms with van der Waals surface area (Å²) in [5.74, 6) is 0. The predicted octanol–water partition coefficient (Wildman–Crippen LogP) is -0.0847. The Labute approximate surface area is 50.3 Å². The molecule has 3 heteroatoms. The van der Waals surface area contributed by atoms with E-state index in [1.165, 1.54) is 0 Å². The molecule has 0 amide bonds. The Morgan fingerprint density at radius 2 is 2.12 bits per heavy atom. The third-order valence-electron chi connectivity index (χ3n) is 1.27. The van der Waals surface area contributed by atoms with Crippen LogP contribution in [0.15, 0.2) is 0 Å². The van der Waals surface area contributed by atoms with Gasteiger partial charge >= 0.3 is 0 Å². The van der Waals surface area contributed by atoms with E-state index in [0.29, 0.717) is 12.6 Å². The van der Waals surface area contributed by atoms with E-state index in [1.807, 2.05) is 25.9 Å². The zero-order chi connectivity index (χ0) is 6.57. The third kappa shape index (κ3) is 2.96. The molecule has 0 rings (SSSR count). The third-order valence-corrected chi connectivity index (χ3v) is 1.27. The number of nitrogens with one attached hydrogen (secondary N) is 1. The number of hydroxylamine groups is 1. The van der Waals surface area contributed by atoms with Crippen molar-refractivity contribution in [2.24, 2.45) is 0 Å². The van der Waals surface area contributed by atoms with E-state index in [1.54, 1.807) is 0 Å². The maximum atomic E-state index is 8.21. The second-order valence-corrected chi connectivity index (χ2v) is 2.17. The molecule has 0 aliphatic rings. The van der Waals surface area contributed by atoms with Gasteiger partial charge in [-0.3, -0.25) is 0 Å². The van der Waals surface area contributed by atoms with Gasteiger partial charge in [0, 0.05) is 12.6 Å². The Kier molecular flexibility index (Phi) is 3.77.